The Morgan fingerprint density at radius 2 is 2.20 bits per heavy atom. The van der Waals surface area contributed by atoms with Gasteiger partial charge in [-0.2, -0.15) is 11.8 Å². The highest BCUT2D eigenvalue weighted by Gasteiger charge is 2.41. The molecule has 1 aliphatic rings. The highest BCUT2D eigenvalue weighted by molar-refractivity contribution is 8.00. The largest absolute Gasteiger partial charge is 0.389 e. The van der Waals surface area contributed by atoms with E-state index in [9.17, 15) is 5.11 Å². The van der Waals surface area contributed by atoms with E-state index in [0.29, 0.717) is 29.5 Å². The average Bonchev–Trinajstić information content (AvgIpc) is 3.21. The van der Waals surface area contributed by atoms with Crippen LogP contribution in [-0.4, -0.2) is 41.9 Å². The van der Waals surface area contributed by atoms with E-state index in [1.54, 1.807) is 0 Å². The van der Waals surface area contributed by atoms with Gasteiger partial charge in [-0.15, -0.1) is 0 Å². The molecule has 1 fully saturated rings. The molecule has 112 valence electrons. The molecule has 0 radical (unpaired) electrons. The van der Waals surface area contributed by atoms with Crippen LogP contribution in [0.3, 0.4) is 0 Å². The van der Waals surface area contributed by atoms with Crippen LogP contribution in [0.5, 0.6) is 0 Å². The second-order valence-electron chi connectivity index (χ2n) is 5.28. The van der Waals surface area contributed by atoms with Crippen molar-refractivity contribution in [2.75, 3.05) is 26.0 Å². The third kappa shape index (κ3) is 4.93. The molecule has 1 atom stereocenters. The quantitative estimate of drug-likeness (QED) is 0.735. The minimum Gasteiger partial charge on any atom is -0.389 e. The van der Waals surface area contributed by atoms with E-state index in [2.05, 4.69) is 11.6 Å². The van der Waals surface area contributed by atoms with Crippen LogP contribution in [0.4, 0.5) is 0 Å². The first kappa shape index (κ1) is 16.1. The second kappa shape index (κ2) is 7.66. The van der Waals surface area contributed by atoms with E-state index >= 15 is 0 Å². The van der Waals surface area contributed by atoms with Gasteiger partial charge in [0.2, 0.25) is 0 Å². The van der Waals surface area contributed by atoms with Gasteiger partial charge in [0.05, 0.1) is 19.3 Å². The number of ether oxygens (including phenoxy) is 1. The van der Waals surface area contributed by atoms with Crippen LogP contribution in [0.1, 0.15) is 18.4 Å². The predicted molar refractivity (Wildman–Crippen MR) is 85.5 cm³/mol. The van der Waals surface area contributed by atoms with E-state index in [0.717, 1.165) is 12.1 Å². The zero-order valence-electron chi connectivity index (χ0n) is 11.8. The molecular formula is C15H22ClNO2S. The summed E-state index contributed by atoms with van der Waals surface area (Å²) in [7, 11) is 0. The summed E-state index contributed by atoms with van der Waals surface area (Å²) >= 11 is 7.96. The molecule has 0 amide bonds. The third-order valence-electron chi connectivity index (χ3n) is 3.59. The molecule has 2 N–H and O–H groups in total. The second-order valence-corrected chi connectivity index (χ2v) is 6.96. The summed E-state index contributed by atoms with van der Waals surface area (Å²) < 4.78 is 5.94. The van der Waals surface area contributed by atoms with Crippen molar-refractivity contribution >= 4 is 23.4 Å². The molecule has 20 heavy (non-hydrogen) atoms. The maximum Gasteiger partial charge on any atom is 0.0897 e. The first-order chi connectivity index (χ1) is 9.65. The van der Waals surface area contributed by atoms with Crippen molar-refractivity contribution in [3.8, 4) is 0 Å². The Balaban J connectivity index is 1.58. The smallest absolute Gasteiger partial charge is 0.0897 e. The Hall–Kier alpha value is -0.260. The molecule has 0 bridgehead atoms. The lowest BCUT2D eigenvalue weighted by molar-refractivity contribution is 0.0289. The van der Waals surface area contributed by atoms with Gasteiger partial charge >= 0.3 is 0 Å². The number of benzene rings is 1. The van der Waals surface area contributed by atoms with Crippen molar-refractivity contribution in [2.24, 2.45) is 0 Å². The van der Waals surface area contributed by atoms with Crippen LogP contribution < -0.4 is 5.32 Å². The maximum atomic E-state index is 9.86. The van der Waals surface area contributed by atoms with Crippen molar-refractivity contribution in [3.05, 3.63) is 34.9 Å². The Kier molecular flexibility index (Phi) is 6.18. The van der Waals surface area contributed by atoms with Gasteiger partial charge in [-0.3, -0.25) is 0 Å². The van der Waals surface area contributed by atoms with Crippen LogP contribution >= 0.6 is 23.4 Å². The van der Waals surface area contributed by atoms with Crippen LogP contribution in [0.25, 0.3) is 0 Å². The Bertz CT molecular complexity index is 426. The van der Waals surface area contributed by atoms with Gasteiger partial charge in [-0.25, -0.2) is 0 Å². The first-order valence-corrected chi connectivity index (χ1v) is 8.50. The van der Waals surface area contributed by atoms with Gasteiger partial charge in [0.15, 0.2) is 0 Å². The van der Waals surface area contributed by atoms with E-state index in [1.165, 1.54) is 12.8 Å². The highest BCUT2D eigenvalue weighted by Crippen LogP contribution is 2.46. The van der Waals surface area contributed by atoms with Crippen molar-refractivity contribution in [1.29, 1.82) is 0 Å². The topological polar surface area (TPSA) is 41.5 Å². The molecule has 5 heteroatoms. The number of hydrogen-bond acceptors (Lipinski definition) is 4. The van der Waals surface area contributed by atoms with E-state index in [4.69, 9.17) is 16.3 Å². The van der Waals surface area contributed by atoms with E-state index in [-0.39, 0.29) is 0 Å². The number of thioether (sulfide) groups is 1. The predicted octanol–water partition coefficient (Wildman–Crippen LogP) is 2.70. The molecule has 0 heterocycles. The molecule has 1 unspecified atom stereocenters. The summed E-state index contributed by atoms with van der Waals surface area (Å²) in [5.41, 5.74) is 0.952. The molecule has 0 saturated heterocycles. The standard InChI is InChI=1S/C15H22ClNO2S/c1-20-15(6-7-15)11-17-8-13(18)10-19-9-12-4-2-3-5-14(12)16/h2-5,13,17-18H,6-11H2,1H3. The number of aliphatic hydroxyl groups is 1. The Labute approximate surface area is 130 Å². The lowest BCUT2D eigenvalue weighted by atomic mass is 10.2. The van der Waals surface area contributed by atoms with Crippen LogP contribution in [0.15, 0.2) is 24.3 Å². The molecular weight excluding hydrogens is 294 g/mol. The summed E-state index contributed by atoms with van der Waals surface area (Å²) in [5, 5.41) is 13.9. The van der Waals surface area contributed by atoms with Crippen LogP contribution in [0.2, 0.25) is 5.02 Å². The Morgan fingerprint density at radius 1 is 1.45 bits per heavy atom. The summed E-state index contributed by atoms with van der Waals surface area (Å²) in [6.07, 6.45) is 4.23. The van der Waals surface area contributed by atoms with Crippen LogP contribution in [-0.2, 0) is 11.3 Å². The summed E-state index contributed by atoms with van der Waals surface area (Å²) in [4.78, 5) is 0. The lowest BCUT2D eigenvalue weighted by Crippen LogP contribution is -2.35. The fraction of sp³-hybridized carbons (Fsp3) is 0.600. The normalized spacial score (nSPS) is 17.9. The molecule has 3 nitrogen and oxygen atoms in total. The molecule has 1 aromatic carbocycles. The summed E-state index contributed by atoms with van der Waals surface area (Å²) in [6, 6.07) is 7.60. The number of aliphatic hydroxyl groups excluding tert-OH is 1. The minimum absolute atomic E-state index is 0.324. The van der Waals surface area contributed by atoms with Gasteiger partial charge in [0, 0.05) is 22.9 Å². The zero-order valence-corrected chi connectivity index (χ0v) is 13.3. The Morgan fingerprint density at radius 3 is 2.85 bits per heavy atom. The highest BCUT2D eigenvalue weighted by atomic mass is 35.5. The van der Waals surface area contributed by atoms with Gasteiger partial charge < -0.3 is 15.2 Å². The number of rotatable bonds is 9. The SMILES string of the molecule is CSC1(CNCC(O)COCc2ccccc2Cl)CC1. The summed E-state index contributed by atoms with van der Waals surface area (Å²) in [5.74, 6) is 0. The van der Waals surface area contributed by atoms with Gasteiger partial charge in [-0.1, -0.05) is 29.8 Å². The average molecular weight is 316 g/mol. The third-order valence-corrected chi connectivity index (χ3v) is 5.38. The number of halogens is 1. The van der Waals surface area contributed by atoms with Gasteiger partial charge in [0.1, 0.15) is 0 Å². The molecule has 0 aromatic heterocycles. The monoisotopic (exact) mass is 315 g/mol. The number of nitrogens with one attached hydrogen (secondary N) is 1. The van der Waals surface area contributed by atoms with E-state index < -0.39 is 6.10 Å². The molecule has 1 aliphatic carbocycles. The zero-order chi connectivity index (χ0) is 14.4. The molecule has 2 rings (SSSR count). The molecule has 1 saturated carbocycles. The lowest BCUT2D eigenvalue weighted by Gasteiger charge is -2.16. The molecule has 1 aromatic rings. The number of hydrogen-bond donors (Lipinski definition) is 2. The maximum absolute atomic E-state index is 9.86. The molecule has 0 aliphatic heterocycles. The molecule has 0 spiro atoms. The van der Waals surface area contributed by atoms with Crippen molar-refractivity contribution in [2.45, 2.75) is 30.3 Å². The van der Waals surface area contributed by atoms with Gasteiger partial charge in [0.25, 0.3) is 0 Å². The van der Waals surface area contributed by atoms with E-state index in [1.807, 2.05) is 36.0 Å². The van der Waals surface area contributed by atoms with Gasteiger partial charge in [-0.05, 0) is 30.7 Å². The fourth-order valence-electron chi connectivity index (χ4n) is 2.04. The first-order valence-electron chi connectivity index (χ1n) is 6.90. The van der Waals surface area contributed by atoms with Crippen molar-refractivity contribution in [1.82, 2.24) is 5.32 Å². The van der Waals surface area contributed by atoms with Crippen molar-refractivity contribution in [3.63, 3.8) is 0 Å². The summed E-state index contributed by atoms with van der Waals surface area (Å²) in [6.45, 7) is 2.30. The van der Waals surface area contributed by atoms with Crippen LogP contribution in [0, 0.1) is 0 Å². The minimum atomic E-state index is -0.477. The fourth-order valence-corrected chi connectivity index (χ4v) is 2.99. The van der Waals surface area contributed by atoms with Crippen molar-refractivity contribution < 1.29 is 9.84 Å².